The van der Waals surface area contributed by atoms with Crippen LogP contribution in [0, 0.1) is 0 Å². The van der Waals surface area contributed by atoms with Crippen molar-refractivity contribution >= 4 is 26.2 Å². The minimum Gasteiger partial charge on any atom is -0.484 e. The maximum atomic E-state index is 12.3. The van der Waals surface area contributed by atoms with Gasteiger partial charge in [0.05, 0.1) is 14.5 Å². The minimum atomic E-state index is -1.40. The van der Waals surface area contributed by atoms with Gasteiger partial charge >= 0.3 is 5.97 Å². The first-order valence-electron chi connectivity index (χ1n) is 7.75. The van der Waals surface area contributed by atoms with Crippen molar-refractivity contribution in [2.24, 2.45) is 0 Å². The molecule has 2 N–H and O–H groups in total. The van der Waals surface area contributed by atoms with Gasteiger partial charge in [-0.25, -0.2) is 4.79 Å². The van der Waals surface area contributed by atoms with E-state index in [1.165, 1.54) is 0 Å². The Labute approximate surface area is 144 Å². The first-order valence-corrected chi connectivity index (χ1v) is 8.79. The smallest absolute Gasteiger partial charge is 0.353 e. The summed E-state index contributed by atoms with van der Waals surface area (Å²) in [6, 6.07) is 7.60. The molecule has 2 aliphatic rings. The Morgan fingerprint density at radius 3 is 2.68 bits per heavy atom. The van der Waals surface area contributed by atoms with Crippen LogP contribution in [0.25, 0.3) is 0 Å². The van der Waals surface area contributed by atoms with Gasteiger partial charge in [0.2, 0.25) is 0 Å². The predicted molar refractivity (Wildman–Crippen MR) is 88.8 cm³/mol. The highest BCUT2D eigenvalue weighted by Crippen LogP contribution is 2.40. The SMILES string of the molecule is O=[PH2]C1=C(C(=O)O)N2C(=O)C(NC(=O)COc3ccccc3)C2CC1. The number of aliphatic carboxylic acids is 1. The highest BCUT2D eigenvalue weighted by Gasteiger charge is 2.53. The van der Waals surface area contributed by atoms with Crippen LogP contribution in [-0.2, 0) is 18.9 Å². The molecule has 8 nitrogen and oxygen atoms in total. The number of carbonyl (C=O) groups excluding carboxylic acids is 2. The quantitative estimate of drug-likeness (QED) is 0.565. The number of nitrogens with zero attached hydrogens (tertiary/aromatic N) is 1. The summed E-state index contributed by atoms with van der Waals surface area (Å²) in [5.41, 5.74) is -0.197. The summed E-state index contributed by atoms with van der Waals surface area (Å²) in [6.07, 6.45) is 0.819. The molecule has 9 heteroatoms. The van der Waals surface area contributed by atoms with Crippen LogP contribution >= 0.6 is 8.46 Å². The number of hydrogen-bond donors (Lipinski definition) is 2. The fourth-order valence-electron chi connectivity index (χ4n) is 3.09. The lowest BCUT2D eigenvalue weighted by molar-refractivity contribution is -0.156. The van der Waals surface area contributed by atoms with Crippen molar-refractivity contribution in [1.82, 2.24) is 10.2 Å². The fourth-order valence-corrected chi connectivity index (χ4v) is 3.75. The number of nitrogens with one attached hydrogen (secondary N) is 1. The predicted octanol–water partition coefficient (Wildman–Crippen LogP) is 0.607. The first-order chi connectivity index (χ1) is 12.0. The molecule has 25 heavy (non-hydrogen) atoms. The lowest BCUT2D eigenvalue weighted by Crippen LogP contribution is -2.71. The summed E-state index contributed by atoms with van der Waals surface area (Å²) in [5.74, 6) is -1.69. The molecule has 0 bridgehead atoms. The van der Waals surface area contributed by atoms with Crippen LogP contribution in [0.3, 0.4) is 0 Å². The Bertz CT molecular complexity index is 763. The number of carboxylic acids is 1. The summed E-state index contributed by atoms with van der Waals surface area (Å²) in [5, 5.41) is 12.2. The van der Waals surface area contributed by atoms with Crippen LogP contribution in [0.5, 0.6) is 5.75 Å². The molecule has 2 aliphatic heterocycles. The van der Waals surface area contributed by atoms with E-state index in [1.807, 2.05) is 6.07 Å². The third-order valence-corrected chi connectivity index (χ3v) is 5.10. The molecule has 3 unspecified atom stereocenters. The number of carbonyl (C=O) groups is 3. The molecular formula is C16H17N2O6P. The zero-order valence-electron chi connectivity index (χ0n) is 13.2. The number of fused-ring (bicyclic) bond motifs is 1. The van der Waals surface area contributed by atoms with Crippen molar-refractivity contribution in [2.45, 2.75) is 24.9 Å². The molecule has 0 radical (unpaired) electrons. The Hall–Kier alpha value is -2.60. The topological polar surface area (TPSA) is 113 Å². The second-order valence-electron chi connectivity index (χ2n) is 5.76. The van der Waals surface area contributed by atoms with E-state index >= 15 is 0 Å². The van der Waals surface area contributed by atoms with E-state index in [-0.39, 0.29) is 12.3 Å². The van der Waals surface area contributed by atoms with Gasteiger partial charge in [-0.3, -0.25) is 14.5 Å². The van der Waals surface area contributed by atoms with Crippen molar-refractivity contribution in [3.63, 3.8) is 0 Å². The second kappa shape index (κ2) is 7.11. The molecular weight excluding hydrogens is 347 g/mol. The molecule has 1 aromatic carbocycles. The van der Waals surface area contributed by atoms with Crippen molar-refractivity contribution in [2.75, 3.05) is 6.61 Å². The average Bonchev–Trinajstić information content (AvgIpc) is 2.63. The minimum absolute atomic E-state index is 0.197. The molecule has 3 rings (SSSR count). The Balaban J connectivity index is 1.62. The number of amides is 2. The number of hydrogen-bond acceptors (Lipinski definition) is 5. The van der Waals surface area contributed by atoms with E-state index in [9.17, 15) is 24.1 Å². The summed E-state index contributed by atoms with van der Waals surface area (Å²) in [7, 11) is -1.40. The molecule has 132 valence electrons. The zero-order chi connectivity index (χ0) is 18.0. The van der Waals surface area contributed by atoms with E-state index in [2.05, 4.69) is 5.32 Å². The zero-order valence-corrected chi connectivity index (χ0v) is 14.3. The van der Waals surface area contributed by atoms with Gasteiger partial charge in [0.1, 0.15) is 17.5 Å². The Morgan fingerprint density at radius 1 is 1.32 bits per heavy atom. The van der Waals surface area contributed by atoms with Crippen LogP contribution in [0.4, 0.5) is 0 Å². The third-order valence-electron chi connectivity index (χ3n) is 4.25. The van der Waals surface area contributed by atoms with Gasteiger partial charge in [0.25, 0.3) is 11.8 Å². The number of rotatable bonds is 6. The first kappa shape index (κ1) is 17.2. The summed E-state index contributed by atoms with van der Waals surface area (Å²) in [4.78, 5) is 36.8. The highest BCUT2D eigenvalue weighted by atomic mass is 31.1. The van der Waals surface area contributed by atoms with Gasteiger partial charge in [-0.2, -0.15) is 0 Å². The van der Waals surface area contributed by atoms with E-state index in [4.69, 9.17) is 4.74 Å². The average molecular weight is 364 g/mol. The van der Waals surface area contributed by atoms with Crippen LogP contribution in [0.2, 0.25) is 0 Å². The highest BCUT2D eigenvalue weighted by molar-refractivity contribution is 7.29. The number of para-hydroxylation sites is 1. The largest absolute Gasteiger partial charge is 0.484 e. The van der Waals surface area contributed by atoms with E-state index in [0.717, 1.165) is 4.90 Å². The lowest BCUT2D eigenvalue weighted by atomic mass is 9.86. The molecule has 2 heterocycles. The van der Waals surface area contributed by atoms with Gasteiger partial charge in [-0.1, -0.05) is 18.2 Å². The van der Waals surface area contributed by atoms with E-state index in [0.29, 0.717) is 23.9 Å². The van der Waals surface area contributed by atoms with E-state index in [1.54, 1.807) is 24.3 Å². The van der Waals surface area contributed by atoms with Crippen molar-refractivity contribution in [1.29, 1.82) is 0 Å². The van der Waals surface area contributed by atoms with Crippen molar-refractivity contribution < 1.29 is 28.8 Å². The fraction of sp³-hybridized carbons (Fsp3) is 0.312. The van der Waals surface area contributed by atoms with Gasteiger partial charge in [0.15, 0.2) is 6.61 Å². The Morgan fingerprint density at radius 2 is 2.04 bits per heavy atom. The van der Waals surface area contributed by atoms with Crippen LogP contribution < -0.4 is 10.1 Å². The number of ether oxygens (including phenoxy) is 1. The number of allylic oxidation sites excluding steroid dienone is 1. The summed E-state index contributed by atoms with van der Waals surface area (Å²) in [6.45, 7) is -0.238. The maximum absolute atomic E-state index is 12.3. The molecule has 2 amide bonds. The van der Waals surface area contributed by atoms with Crippen LogP contribution in [-0.4, -0.2) is 46.5 Å². The maximum Gasteiger partial charge on any atom is 0.353 e. The molecule has 0 aliphatic carbocycles. The summed E-state index contributed by atoms with van der Waals surface area (Å²) < 4.78 is 16.5. The van der Waals surface area contributed by atoms with Crippen LogP contribution in [0.1, 0.15) is 12.8 Å². The van der Waals surface area contributed by atoms with E-state index < -0.39 is 38.3 Å². The molecule has 3 atom stereocenters. The van der Waals surface area contributed by atoms with Gasteiger partial charge in [0, 0.05) is 5.31 Å². The molecule has 0 spiro atoms. The normalized spacial score (nSPS) is 22.6. The molecule has 0 saturated carbocycles. The van der Waals surface area contributed by atoms with Crippen molar-refractivity contribution in [3.8, 4) is 5.75 Å². The Kier molecular flexibility index (Phi) is 4.90. The lowest BCUT2D eigenvalue weighted by Gasteiger charge is -2.49. The molecule has 1 aromatic rings. The molecule has 0 aromatic heterocycles. The molecule has 1 saturated heterocycles. The van der Waals surface area contributed by atoms with Gasteiger partial charge < -0.3 is 19.7 Å². The van der Waals surface area contributed by atoms with Gasteiger partial charge in [-0.05, 0) is 25.0 Å². The third kappa shape index (κ3) is 3.30. The monoisotopic (exact) mass is 364 g/mol. The van der Waals surface area contributed by atoms with Crippen molar-refractivity contribution in [3.05, 3.63) is 41.3 Å². The number of benzene rings is 1. The summed E-state index contributed by atoms with van der Waals surface area (Å²) >= 11 is 0. The number of carboxylic acid groups (broad SMARTS) is 1. The van der Waals surface area contributed by atoms with Crippen LogP contribution in [0.15, 0.2) is 41.3 Å². The second-order valence-corrected chi connectivity index (χ2v) is 6.69. The molecule has 1 fully saturated rings. The standard InChI is InChI=1S/C16H17N2O6P/c19-12(8-24-9-4-2-1-3-5-9)17-13-10-6-7-11(25-23)14(16(21)22)18(10)15(13)20/h1-5,10,13H,6-8,25H2,(H,17,19)(H,21,22). The number of β-lactam (4-membered cyclic amide) rings is 1. The van der Waals surface area contributed by atoms with Gasteiger partial charge in [-0.15, -0.1) is 0 Å².